The third kappa shape index (κ3) is 9.93. The minimum atomic E-state index is -1.86. The summed E-state index contributed by atoms with van der Waals surface area (Å²) in [5.74, 6) is 0.605. The van der Waals surface area contributed by atoms with Gasteiger partial charge in [0.05, 0.1) is 39.1 Å². The predicted octanol–water partition coefficient (Wildman–Crippen LogP) is 6.04. The molecule has 0 aliphatic rings. The van der Waals surface area contributed by atoms with Gasteiger partial charge in [0.1, 0.15) is 12.0 Å². The Morgan fingerprint density at radius 1 is 0.912 bits per heavy atom. The zero-order valence-electron chi connectivity index (χ0n) is 21.4. The van der Waals surface area contributed by atoms with Crippen LogP contribution in [0.1, 0.15) is 25.0 Å². The van der Waals surface area contributed by atoms with Crippen molar-refractivity contribution < 1.29 is 23.4 Å². The summed E-state index contributed by atoms with van der Waals surface area (Å²) in [7, 11) is -0.200. The summed E-state index contributed by atoms with van der Waals surface area (Å²) in [4.78, 5) is 11.7. The Hall–Kier alpha value is -2.25. The van der Waals surface area contributed by atoms with Crippen LogP contribution in [0.4, 0.5) is 0 Å². The number of aldehydes is 1. The lowest BCUT2D eigenvalue weighted by molar-refractivity contribution is -0.115. The number of ether oxygens (including phenoxy) is 3. The average Bonchev–Trinajstić information content (AvgIpc) is 2.83. The van der Waals surface area contributed by atoms with Crippen molar-refractivity contribution in [3.8, 4) is 5.75 Å². The maximum absolute atomic E-state index is 11.7. The van der Waals surface area contributed by atoms with Gasteiger partial charge in [-0.25, -0.2) is 0 Å². The summed E-state index contributed by atoms with van der Waals surface area (Å²) >= 11 is 0. The Kier molecular flexibility index (Phi) is 11.7. The number of methoxy groups -OCH3 is 1. The molecule has 5 nitrogen and oxygen atoms in total. The van der Waals surface area contributed by atoms with Crippen LogP contribution in [0.25, 0.3) is 0 Å². The zero-order chi connectivity index (χ0) is 25.0. The molecule has 0 saturated heterocycles. The SMILES string of the molecule is COc1ccc(COC/C=C\[C@H](OCc2ccccc2)[C@@H](C)[C@@H](O[Si](C)(C)C)[C@H](C)C=O)cc1. The van der Waals surface area contributed by atoms with Crippen LogP contribution < -0.4 is 4.74 Å². The molecule has 0 unspecified atom stereocenters. The molecule has 2 rings (SSSR count). The smallest absolute Gasteiger partial charge is 0.184 e. The van der Waals surface area contributed by atoms with Crippen molar-refractivity contribution in [2.24, 2.45) is 11.8 Å². The fraction of sp³-hybridized carbons (Fsp3) is 0.464. The third-order valence-corrected chi connectivity index (χ3v) is 6.49. The molecule has 0 fully saturated rings. The van der Waals surface area contributed by atoms with Crippen LogP contribution in [0.2, 0.25) is 19.6 Å². The lowest BCUT2D eigenvalue weighted by Crippen LogP contribution is -2.43. The lowest BCUT2D eigenvalue weighted by Gasteiger charge is -2.36. The van der Waals surface area contributed by atoms with Gasteiger partial charge in [-0.1, -0.05) is 68.5 Å². The fourth-order valence-electron chi connectivity index (χ4n) is 3.67. The third-order valence-electron chi connectivity index (χ3n) is 5.51. The van der Waals surface area contributed by atoms with Crippen molar-refractivity contribution in [1.29, 1.82) is 0 Å². The van der Waals surface area contributed by atoms with Crippen molar-refractivity contribution in [3.63, 3.8) is 0 Å². The number of benzene rings is 2. The summed E-state index contributed by atoms with van der Waals surface area (Å²) < 4.78 is 23.8. The first-order valence-electron chi connectivity index (χ1n) is 11.9. The molecule has 0 aromatic heterocycles. The number of carbonyl (C=O) groups excluding carboxylic acids is 1. The van der Waals surface area contributed by atoms with Gasteiger partial charge in [0.2, 0.25) is 0 Å². The van der Waals surface area contributed by atoms with Crippen LogP contribution in [0, 0.1) is 11.8 Å². The Balaban J connectivity index is 2.05. The van der Waals surface area contributed by atoms with Crippen molar-refractivity contribution in [2.75, 3.05) is 13.7 Å². The van der Waals surface area contributed by atoms with Crippen LogP contribution in [0.5, 0.6) is 5.75 Å². The Morgan fingerprint density at radius 2 is 1.56 bits per heavy atom. The minimum Gasteiger partial charge on any atom is -0.497 e. The van der Waals surface area contributed by atoms with E-state index in [9.17, 15) is 4.79 Å². The maximum Gasteiger partial charge on any atom is 0.184 e. The Morgan fingerprint density at radius 3 is 2.15 bits per heavy atom. The van der Waals surface area contributed by atoms with Gasteiger partial charge in [-0.05, 0) is 42.9 Å². The minimum absolute atomic E-state index is 0.00604. The second-order valence-corrected chi connectivity index (χ2v) is 14.1. The van der Waals surface area contributed by atoms with Crippen molar-refractivity contribution in [1.82, 2.24) is 0 Å². The molecule has 0 spiro atoms. The molecule has 0 heterocycles. The van der Waals surface area contributed by atoms with Gasteiger partial charge in [0.15, 0.2) is 8.32 Å². The molecule has 34 heavy (non-hydrogen) atoms. The first kappa shape index (κ1) is 28.0. The van der Waals surface area contributed by atoms with E-state index in [0.717, 1.165) is 23.2 Å². The first-order chi connectivity index (χ1) is 16.2. The largest absolute Gasteiger partial charge is 0.497 e. The first-order valence-corrected chi connectivity index (χ1v) is 15.3. The Labute approximate surface area is 206 Å². The summed E-state index contributed by atoms with van der Waals surface area (Å²) in [6.45, 7) is 11.9. The highest BCUT2D eigenvalue weighted by Crippen LogP contribution is 2.26. The molecule has 0 radical (unpaired) electrons. The highest BCUT2D eigenvalue weighted by molar-refractivity contribution is 6.69. The normalized spacial score (nSPS) is 15.6. The van der Waals surface area contributed by atoms with E-state index in [2.05, 4.69) is 26.6 Å². The second kappa shape index (κ2) is 14.2. The van der Waals surface area contributed by atoms with Crippen LogP contribution in [-0.2, 0) is 31.9 Å². The molecule has 6 heteroatoms. The quantitative estimate of drug-likeness (QED) is 0.133. The number of hydrogen-bond donors (Lipinski definition) is 0. The van der Waals surface area contributed by atoms with E-state index in [4.69, 9.17) is 18.6 Å². The van der Waals surface area contributed by atoms with E-state index in [0.29, 0.717) is 19.8 Å². The van der Waals surface area contributed by atoms with E-state index in [1.54, 1.807) is 7.11 Å². The van der Waals surface area contributed by atoms with Gasteiger partial charge >= 0.3 is 0 Å². The van der Waals surface area contributed by atoms with Gasteiger partial charge in [0.25, 0.3) is 0 Å². The molecule has 186 valence electrons. The van der Waals surface area contributed by atoms with Gasteiger partial charge in [-0.2, -0.15) is 0 Å². The molecule has 0 aliphatic heterocycles. The molecule has 0 saturated carbocycles. The zero-order valence-corrected chi connectivity index (χ0v) is 22.4. The monoisotopic (exact) mass is 484 g/mol. The fourth-order valence-corrected chi connectivity index (χ4v) is 4.92. The van der Waals surface area contributed by atoms with E-state index >= 15 is 0 Å². The van der Waals surface area contributed by atoms with E-state index in [-0.39, 0.29) is 24.0 Å². The molecule has 2 aromatic carbocycles. The molecule has 0 aliphatic carbocycles. The molecular weight excluding hydrogens is 444 g/mol. The number of carbonyl (C=O) groups is 1. The maximum atomic E-state index is 11.7. The van der Waals surface area contributed by atoms with Crippen LogP contribution >= 0.6 is 0 Å². The molecule has 0 amide bonds. The standard InChI is InChI=1S/C28H40O5Si/c1-22(19-29)28(33-34(4,5)6)23(2)27(32-21-24-11-8-7-9-12-24)13-10-18-31-20-25-14-16-26(30-3)17-15-25/h7-17,19,22-23,27-28H,18,20-21H2,1-6H3/b13-10-/t22-,23-,27+,28+/m1/s1. The molecule has 0 bridgehead atoms. The van der Waals surface area contributed by atoms with E-state index in [1.807, 2.05) is 73.7 Å². The predicted molar refractivity (Wildman–Crippen MR) is 139 cm³/mol. The van der Waals surface area contributed by atoms with Gasteiger partial charge in [0, 0.05) is 11.8 Å². The van der Waals surface area contributed by atoms with Gasteiger partial charge in [-0.3, -0.25) is 0 Å². The van der Waals surface area contributed by atoms with E-state index in [1.165, 1.54) is 0 Å². The van der Waals surface area contributed by atoms with Crippen LogP contribution in [0.15, 0.2) is 66.7 Å². The van der Waals surface area contributed by atoms with Crippen molar-refractivity contribution >= 4 is 14.6 Å². The highest BCUT2D eigenvalue weighted by Gasteiger charge is 2.33. The summed E-state index contributed by atoms with van der Waals surface area (Å²) in [6.07, 6.45) is 4.59. The summed E-state index contributed by atoms with van der Waals surface area (Å²) in [6, 6.07) is 17.9. The summed E-state index contributed by atoms with van der Waals surface area (Å²) in [5.41, 5.74) is 2.19. The second-order valence-electron chi connectivity index (χ2n) is 9.60. The molecule has 0 N–H and O–H groups in total. The van der Waals surface area contributed by atoms with Crippen molar-refractivity contribution in [2.45, 2.75) is 58.9 Å². The molecular formula is C28H40O5Si. The van der Waals surface area contributed by atoms with Crippen LogP contribution in [0.3, 0.4) is 0 Å². The average molecular weight is 485 g/mol. The lowest BCUT2D eigenvalue weighted by atomic mass is 9.89. The van der Waals surface area contributed by atoms with Gasteiger partial charge in [-0.15, -0.1) is 0 Å². The van der Waals surface area contributed by atoms with Crippen molar-refractivity contribution in [3.05, 3.63) is 77.9 Å². The number of rotatable bonds is 15. The molecule has 4 atom stereocenters. The summed E-state index contributed by atoms with van der Waals surface area (Å²) in [5, 5.41) is 0. The Bertz CT molecular complexity index is 861. The topological polar surface area (TPSA) is 54.0 Å². The highest BCUT2D eigenvalue weighted by atomic mass is 28.4. The van der Waals surface area contributed by atoms with Crippen LogP contribution in [-0.4, -0.2) is 40.5 Å². The molecule has 2 aromatic rings. The number of hydrogen-bond acceptors (Lipinski definition) is 5. The van der Waals surface area contributed by atoms with Gasteiger partial charge < -0.3 is 23.4 Å². The van der Waals surface area contributed by atoms with E-state index < -0.39 is 8.32 Å².